The number of benzene rings is 1. The van der Waals surface area contributed by atoms with Crippen LogP contribution in [0.1, 0.15) is 12.5 Å². The number of anilines is 1. The average molecular weight is 337 g/mol. The Kier molecular flexibility index (Phi) is 4.92. The summed E-state index contributed by atoms with van der Waals surface area (Å²) in [6, 6.07) is 7.25. The fraction of sp³-hybridized carbons (Fsp3) is 0.286. The summed E-state index contributed by atoms with van der Waals surface area (Å²) in [5, 5.41) is 6.96. The molecule has 0 bridgehead atoms. The van der Waals surface area contributed by atoms with Crippen LogP contribution in [0.3, 0.4) is 0 Å². The quantitative estimate of drug-likeness (QED) is 0.878. The Labute approximate surface area is 126 Å². The minimum absolute atomic E-state index is 0.181. The lowest BCUT2D eigenvalue weighted by Crippen LogP contribution is -2.32. The topological polar surface area (TPSA) is 72.9 Å². The zero-order chi connectivity index (χ0) is 14.5. The number of amides is 1. The van der Waals surface area contributed by atoms with E-state index in [1.807, 2.05) is 35.1 Å². The third-order valence-electron chi connectivity index (χ3n) is 2.87. The molecule has 0 unspecified atom stereocenters. The summed E-state index contributed by atoms with van der Waals surface area (Å²) in [6.45, 7) is 2.48. The van der Waals surface area contributed by atoms with Gasteiger partial charge in [-0.25, -0.2) is 0 Å². The van der Waals surface area contributed by atoms with Crippen molar-refractivity contribution < 1.29 is 4.79 Å². The Hall–Kier alpha value is -1.66. The molecule has 6 heteroatoms. The number of aryl methyl sites for hydroxylation is 2. The van der Waals surface area contributed by atoms with Gasteiger partial charge in [-0.05, 0) is 47.0 Å². The van der Waals surface area contributed by atoms with Gasteiger partial charge in [0.05, 0.1) is 16.7 Å². The van der Waals surface area contributed by atoms with Gasteiger partial charge in [-0.1, -0.05) is 12.1 Å². The fourth-order valence-corrected chi connectivity index (χ4v) is 2.04. The van der Waals surface area contributed by atoms with Crippen molar-refractivity contribution in [2.24, 2.45) is 5.73 Å². The van der Waals surface area contributed by atoms with Gasteiger partial charge in [0, 0.05) is 18.4 Å². The first-order valence-corrected chi connectivity index (χ1v) is 7.17. The molecule has 1 atom stereocenters. The third-order valence-corrected chi connectivity index (χ3v) is 3.28. The molecule has 0 saturated heterocycles. The molecule has 2 aromatic rings. The summed E-state index contributed by atoms with van der Waals surface area (Å²) in [4.78, 5) is 11.5. The first kappa shape index (κ1) is 14.7. The van der Waals surface area contributed by atoms with E-state index < -0.39 is 6.04 Å². The molecule has 1 aromatic heterocycles. The lowest BCUT2D eigenvalue weighted by molar-refractivity contribution is -0.117. The van der Waals surface area contributed by atoms with E-state index in [2.05, 4.69) is 26.3 Å². The molecule has 106 valence electrons. The molecule has 0 aliphatic carbocycles. The summed E-state index contributed by atoms with van der Waals surface area (Å²) in [5.74, 6) is -0.181. The summed E-state index contributed by atoms with van der Waals surface area (Å²) in [5.41, 5.74) is 7.45. The van der Waals surface area contributed by atoms with E-state index in [4.69, 9.17) is 5.73 Å². The molecular formula is C14H17BrN4O. The van der Waals surface area contributed by atoms with Crippen molar-refractivity contribution in [2.75, 3.05) is 5.32 Å². The second-order valence-electron chi connectivity index (χ2n) is 4.65. The average Bonchev–Trinajstić information content (AvgIpc) is 2.83. The molecule has 0 radical (unpaired) electrons. The van der Waals surface area contributed by atoms with Crippen LogP contribution in [0.15, 0.2) is 41.1 Å². The molecule has 0 spiro atoms. The number of nitrogens with one attached hydrogen (secondary N) is 1. The highest BCUT2D eigenvalue weighted by atomic mass is 79.9. The number of carbonyl (C=O) groups is 1. The SMILES string of the molecule is C[C@@H](N)C(=O)Nc1ccc(CCn2cc(Br)cn2)cc1. The molecule has 1 amide bonds. The largest absolute Gasteiger partial charge is 0.325 e. The molecule has 0 fully saturated rings. The maximum atomic E-state index is 11.5. The van der Waals surface area contributed by atoms with Gasteiger partial charge in [-0.15, -0.1) is 0 Å². The van der Waals surface area contributed by atoms with Gasteiger partial charge >= 0.3 is 0 Å². The number of hydrogen-bond donors (Lipinski definition) is 2. The number of nitrogens with zero attached hydrogens (tertiary/aromatic N) is 2. The monoisotopic (exact) mass is 336 g/mol. The normalized spacial score (nSPS) is 12.2. The summed E-state index contributed by atoms with van der Waals surface area (Å²) in [6.07, 6.45) is 4.60. The fourth-order valence-electron chi connectivity index (χ4n) is 1.72. The summed E-state index contributed by atoms with van der Waals surface area (Å²) < 4.78 is 2.86. The van der Waals surface area contributed by atoms with Crippen molar-refractivity contribution in [3.8, 4) is 0 Å². The molecule has 1 aromatic carbocycles. The molecule has 5 nitrogen and oxygen atoms in total. The van der Waals surface area contributed by atoms with Gasteiger partial charge < -0.3 is 11.1 Å². The van der Waals surface area contributed by atoms with Gasteiger partial charge in [0.1, 0.15) is 0 Å². The Morgan fingerprint density at radius 2 is 2.15 bits per heavy atom. The zero-order valence-electron chi connectivity index (χ0n) is 11.2. The molecule has 1 heterocycles. The van der Waals surface area contributed by atoms with E-state index in [0.717, 1.165) is 23.1 Å². The maximum absolute atomic E-state index is 11.5. The van der Waals surface area contributed by atoms with E-state index in [9.17, 15) is 4.79 Å². The van der Waals surface area contributed by atoms with Crippen LogP contribution in [0, 0.1) is 0 Å². The smallest absolute Gasteiger partial charge is 0.240 e. The zero-order valence-corrected chi connectivity index (χ0v) is 12.8. The van der Waals surface area contributed by atoms with E-state index in [-0.39, 0.29) is 5.91 Å². The minimum Gasteiger partial charge on any atom is -0.325 e. The highest BCUT2D eigenvalue weighted by molar-refractivity contribution is 9.10. The number of halogens is 1. The third kappa shape index (κ3) is 4.18. The van der Waals surface area contributed by atoms with Crippen molar-refractivity contribution in [3.05, 3.63) is 46.7 Å². The van der Waals surface area contributed by atoms with Crippen molar-refractivity contribution in [2.45, 2.75) is 25.9 Å². The second kappa shape index (κ2) is 6.67. The molecule has 2 rings (SSSR count). The van der Waals surface area contributed by atoms with Crippen LogP contribution in [-0.4, -0.2) is 21.7 Å². The van der Waals surface area contributed by atoms with E-state index >= 15 is 0 Å². The Morgan fingerprint density at radius 1 is 1.45 bits per heavy atom. The van der Waals surface area contributed by atoms with E-state index in [1.54, 1.807) is 13.1 Å². The predicted molar refractivity (Wildman–Crippen MR) is 82.4 cm³/mol. The van der Waals surface area contributed by atoms with Crippen molar-refractivity contribution in [1.82, 2.24) is 9.78 Å². The Balaban J connectivity index is 1.89. The molecule has 0 saturated carbocycles. The van der Waals surface area contributed by atoms with Crippen LogP contribution in [-0.2, 0) is 17.8 Å². The number of aromatic nitrogens is 2. The standard InChI is InChI=1S/C14H17BrN4O/c1-10(16)14(20)18-13-4-2-11(3-5-13)6-7-19-9-12(15)8-17-19/h2-5,8-10H,6-7,16H2,1H3,(H,18,20)/t10-/m1/s1. The van der Waals surface area contributed by atoms with Crippen LogP contribution in [0.25, 0.3) is 0 Å². The number of hydrogen-bond acceptors (Lipinski definition) is 3. The van der Waals surface area contributed by atoms with Gasteiger partial charge in [-0.3, -0.25) is 9.48 Å². The van der Waals surface area contributed by atoms with Gasteiger partial charge in [0.2, 0.25) is 5.91 Å². The maximum Gasteiger partial charge on any atom is 0.240 e. The highest BCUT2D eigenvalue weighted by Gasteiger charge is 2.07. The second-order valence-corrected chi connectivity index (χ2v) is 5.56. The molecule has 3 N–H and O–H groups in total. The lowest BCUT2D eigenvalue weighted by Gasteiger charge is -2.08. The van der Waals surface area contributed by atoms with Crippen molar-refractivity contribution in [3.63, 3.8) is 0 Å². The Morgan fingerprint density at radius 3 is 2.70 bits per heavy atom. The number of nitrogens with two attached hydrogens (primary N) is 1. The minimum atomic E-state index is -0.507. The summed E-state index contributed by atoms with van der Waals surface area (Å²) >= 11 is 3.37. The van der Waals surface area contributed by atoms with Crippen LogP contribution in [0.5, 0.6) is 0 Å². The van der Waals surface area contributed by atoms with Crippen molar-refractivity contribution >= 4 is 27.5 Å². The van der Waals surface area contributed by atoms with Gasteiger partial charge in [0.25, 0.3) is 0 Å². The molecular weight excluding hydrogens is 320 g/mol. The van der Waals surface area contributed by atoms with Gasteiger partial charge in [0.15, 0.2) is 0 Å². The first-order valence-electron chi connectivity index (χ1n) is 6.38. The van der Waals surface area contributed by atoms with Crippen LogP contribution in [0.4, 0.5) is 5.69 Å². The van der Waals surface area contributed by atoms with Gasteiger partial charge in [-0.2, -0.15) is 5.10 Å². The number of rotatable bonds is 5. The lowest BCUT2D eigenvalue weighted by atomic mass is 10.1. The molecule has 20 heavy (non-hydrogen) atoms. The van der Waals surface area contributed by atoms with Crippen LogP contribution >= 0.6 is 15.9 Å². The van der Waals surface area contributed by atoms with Crippen LogP contribution in [0.2, 0.25) is 0 Å². The van der Waals surface area contributed by atoms with E-state index in [1.165, 1.54) is 5.56 Å². The molecule has 0 aliphatic rings. The highest BCUT2D eigenvalue weighted by Crippen LogP contribution is 2.12. The first-order chi connectivity index (χ1) is 9.54. The molecule has 0 aliphatic heterocycles. The predicted octanol–water partition coefficient (Wildman–Crippen LogP) is 2.17. The Bertz CT molecular complexity index is 577. The number of carbonyl (C=O) groups excluding carboxylic acids is 1. The van der Waals surface area contributed by atoms with Crippen LogP contribution < -0.4 is 11.1 Å². The summed E-state index contributed by atoms with van der Waals surface area (Å²) in [7, 11) is 0. The van der Waals surface area contributed by atoms with Crippen molar-refractivity contribution in [1.29, 1.82) is 0 Å². The van der Waals surface area contributed by atoms with E-state index in [0.29, 0.717) is 0 Å².